The third kappa shape index (κ3) is 6.63. The third-order valence-electron chi connectivity index (χ3n) is 4.89. The van der Waals surface area contributed by atoms with Gasteiger partial charge in [-0.15, -0.1) is 0 Å². The van der Waals surface area contributed by atoms with Crippen LogP contribution < -0.4 is 15.5 Å². The number of hydrogen-bond donors (Lipinski definition) is 2. The first-order valence-electron chi connectivity index (χ1n) is 10.4. The summed E-state index contributed by atoms with van der Waals surface area (Å²) in [4.78, 5) is 29.0. The lowest BCUT2D eigenvalue weighted by atomic mass is 9.94. The summed E-state index contributed by atoms with van der Waals surface area (Å²) in [6.45, 7) is 10.1. The van der Waals surface area contributed by atoms with E-state index in [2.05, 4.69) is 10.6 Å². The molecule has 2 rings (SSSR count). The number of rotatable bonds is 7. The Hall–Kier alpha value is -2.28. The average molecular weight is 405 g/mol. The minimum atomic E-state index is -0.478. The quantitative estimate of drug-likeness (QED) is 0.730. The van der Waals surface area contributed by atoms with Crippen LogP contribution in [0.1, 0.15) is 46.1 Å². The van der Waals surface area contributed by atoms with Crippen molar-refractivity contribution in [3.05, 3.63) is 23.8 Å². The van der Waals surface area contributed by atoms with Gasteiger partial charge in [0, 0.05) is 57.1 Å². The van der Waals surface area contributed by atoms with Crippen molar-refractivity contribution in [1.82, 2.24) is 10.2 Å². The van der Waals surface area contributed by atoms with Gasteiger partial charge in [0.15, 0.2) is 0 Å². The standard InChI is InChI=1S/C22H36N4O3/c1-7-23-21(28)24-17-10-11-19(25(5)6)16(13-17)14-26(20(27)22(2,3)4)15-18-9-8-12-29-18/h10-11,13,18H,7-9,12,14-15H2,1-6H3,(H2,23,24,28)/t18-/m1/s1. The number of nitrogens with one attached hydrogen (secondary N) is 2. The van der Waals surface area contributed by atoms with Crippen LogP contribution >= 0.6 is 0 Å². The lowest BCUT2D eigenvalue weighted by Gasteiger charge is -2.32. The van der Waals surface area contributed by atoms with E-state index in [-0.39, 0.29) is 18.0 Å². The van der Waals surface area contributed by atoms with Crippen LogP contribution in [0.2, 0.25) is 0 Å². The van der Waals surface area contributed by atoms with E-state index in [4.69, 9.17) is 4.74 Å². The van der Waals surface area contributed by atoms with Crippen molar-refractivity contribution in [3.63, 3.8) is 0 Å². The number of urea groups is 1. The molecule has 1 saturated heterocycles. The normalized spacial score (nSPS) is 16.4. The highest BCUT2D eigenvalue weighted by molar-refractivity contribution is 5.89. The zero-order valence-electron chi connectivity index (χ0n) is 18.7. The summed E-state index contributed by atoms with van der Waals surface area (Å²) in [5, 5.41) is 5.59. The van der Waals surface area contributed by atoms with Crippen molar-refractivity contribution >= 4 is 23.3 Å². The van der Waals surface area contributed by atoms with Crippen LogP contribution in [0.4, 0.5) is 16.2 Å². The molecule has 0 aromatic heterocycles. The first-order valence-corrected chi connectivity index (χ1v) is 10.4. The van der Waals surface area contributed by atoms with Crippen LogP contribution in [-0.2, 0) is 16.1 Å². The molecule has 1 aromatic carbocycles. The van der Waals surface area contributed by atoms with Crippen molar-refractivity contribution in [2.45, 2.75) is 53.2 Å². The molecule has 2 N–H and O–H groups in total. The Morgan fingerprint density at radius 1 is 1.24 bits per heavy atom. The maximum atomic E-state index is 13.2. The van der Waals surface area contributed by atoms with Gasteiger partial charge in [-0.25, -0.2) is 4.79 Å². The lowest BCUT2D eigenvalue weighted by molar-refractivity contribution is -0.141. The van der Waals surface area contributed by atoms with Crippen molar-refractivity contribution < 1.29 is 14.3 Å². The van der Waals surface area contributed by atoms with Gasteiger partial charge < -0.3 is 25.2 Å². The Morgan fingerprint density at radius 2 is 1.97 bits per heavy atom. The molecule has 1 heterocycles. The van der Waals surface area contributed by atoms with Crippen LogP contribution in [0, 0.1) is 5.41 Å². The Bertz CT molecular complexity index is 706. The Labute approximate surface area is 174 Å². The second-order valence-electron chi connectivity index (χ2n) is 8.79. The molecule has 0 aliphatic carbocycles. The molecule has 7 heteroatoms. The van der Waals surface area contributed by atoms with Gasteiger partial charge in [-0.05, 0) is 43.5 Å². The summed E-state index contributed by atoms with van der Waals surface area (Å²) < 4.78 is 5.80. The fraction of sp³-hybridized carbons (Fsp3) is 0.636. The lowest BCUT2D eigenvalue weighted by Crippen LogP contribution is -2.43. The first kappa shape index (κ1) is 23.0. The third-order valence-corrected chi connectivity index (χ3v) is 4.89. The molecule has 29 heavy (non-hydrogen) atoms. The van der Waals surface area contributed by atoms with E-state index in [1.54, 1.807) is 0 Å². The van der Waals surface area contributed by atoms with Gasteiger partial charge in [0.2, 0.25) is 5.91 Å². The highest BCUT2D eigenvalue weighted by atomic mass is 16.5. The summed E-state index contributed by atoms with van der Waals surface area (Å²) in [7, 11) is 3.96. The first-order chi connectivity index (χ1) is 13.6. The van der Waals surface area contributed by atoms with Crippen molar-refractivity contribution in [2.24, 2.45) is 5.41 Å². The maximum absolute atomic E-state index is 13.2. The number of hydrogen-bond acceptors (Lipinski definition) is 4. The van der Waals surface area contributed by atoms with Gasteiger partial charge in [-0.2, -0.15) is 0 Å². The van der Waals surface area contributed by atoms with E-state index >= 15 is 0 Å². The zero-order chi connectivity index (χ0) is 21.6. The van der Waals surface area contributed by atoms with Gasteiger partial charge in [0.05, 0.1) is 6.10 Å². The van der Waals surface area contributed by atoms with Gasteiger partial charge in [0.25, 0.3) is 0 Å². The van der Waals surface area contributed by atoms with Gasteiger partial charge in [0.1, 0.15) is 0 Å². The number of carbonyl (C=O) groups excluding carboxylic acids is 2. The van der Waals surface area contributed by atoms with E-state index < -0.39 is 5.41 Å². The predicted molar refractivity (Wildman–Crippen MR) is 117 cm³/mol. The molecule has 3 amide bonds. The summed E-state index contributed by atoms with van der Waals surface area (Å²) in [6, 6.07) is 5.56. The molecule has 0 unspecified atom stereocenters. The summed E-state index contributed by atoms with van der Waals surface area (Å²) >= 11 is 0. The van der Waals surface area contributed by atoms with Gasteiger partial charge in [-0.1, -0.05) is 20.8 Å². The van der Waals surface area contributed by atoms with Crippen LogP contribution in [0.25, 0.3) is 0 Å². The van der Waals surface area contributed by atoms with Crippen molar-refractivity contribution in [2.75, 3.05) is 44.0 Å². The smallest absolute Gasteiger partial charge is 0.319 e. The monoisotopic (exact) mass is 404 g/mol. The molecule has 0 radical (unpaired) electrons. The molecular weight excluding hydrogens is 368 g/mol. The highest BCUT2D eigenvalue weighted by Gasteiger charge is 2.30. The number of anilines is 2. The summed E-state index contributed by atoms with van der Waals surface area (Å²) in [5.41, 5.74) is 2.23. The van der Waals surface area contributed by atoms with E-state index in [9.17, 15) is 9.59 Å². The minimum absolute atomic E-state index is 0.0840. The molecule has 162 valence electrons. The fourth-order valence-electron chi connectivity index (χ4n) is 3.50. The second kappa shape index (κ2) is 9.96. The van der Waals surface area contributed by atoms with Crippen LogP contribution in [0.5, 0.6) is 0 Å². The number of amides is 3. The topological polar surface area (TPSA) is 73.9 Å². The molecule has 0 bridgehead atoms. The molecule has 1 atom stereocenters. The Balaban J connectivity index is 2.30. The molecule has 0 spiro atoms. The van der Waals surface area contributed by atoms with Crippen molar-refractivity contribution in [3.8, 4) is 0 Å². The predicted octanol–water partition coefficient (Wildman–Crippen LogP) is 3.45. The number of carbonyl (C=O) groups is 2. The molecule has 1 aliphatic heterocycles. The highest BCUT2D eigenvalue weighted by Crippen LogP contribution is 2.28. The van der Waals surface area contributed by atoms with Gasteiger partial charge >= 0.3 is 6.03 Å². The Morgan fingerprint density at radius 3 is 2.52 bits per heavy atom. The largest absolute Gasteiger partial charge is 0.377 e. The van der Waals surface area contributed by atoms with E-state index in [0.29, 0.717) is 25.3 Å². The van der Waals surface area contributed by atoms with Gasteiger partial charge in [-0.3, -0.25) is 4.79 Å². The van der Waals surface area contributed by atoms with Crippen molar-refractivity contribution in [1.29, 1.82) is 0 Å². The van der Waals surface area contributed by atoms with E-state index in [0.717, 1.165) is 30.7 Å². The molecule has 0 saturated carbocycles. The number of benzene rings is 1. The SMILES string of the molecule is CCNC(=O)Nc1ccc(N(C)C)c(CN(C[C@H]2CCCO2)C(=O)C(C)(C)C)c1. The molecule has 1 aromatic rings. The Kier molecular flexibility index (Phi) is 7.90. The number of nitrogens with zero attached hydrogens (tertiary/aromatic N) is 2. The number of ether oxygens (including phenoxy) is 1. The van der Waals surface area contributed by atoms with E-state index in [1.807, 2.05) is 69.8 Å². The zero-order valence-corrected chi connectivity index (χ0v) is 18.7. The molecule has 1 aliphatic rings. The van der Waals surface area contributed by atoms with Crippen LogP contribution in [0.3, 0.4) is 0 Å². The minimum Gasteiger partial charge on any atom is -0.377 e. The maximum Gasteiger partial charge on any atom is 0.319 e. The molecular formula is C22H36N4O3. The molecule has 7 nitrogen and oxygen atoms in total. The summed E-state index contributed by atoms with van der Waals surface area (Å²) in [5.74, 6) is 0.0970. The molecule has 1 fully saturated rings. The van der Waals surface area contributed by atoms with E-state index in [1.165, 1.54) is 0 Å². The van der Waals surface area contributed by atoms with Crippen LogP contribution in [0.15, 0.2) is 18.2 Å². The second-order valence-corrected chi connectivity index (χ2v) is 8.79. The summed E-state index contributed by atoms with van der Waals surface area (Å²) in [6.07, 6.45) is 2.10. The van der Waals surface area contributed by atoms with Crippen LogP contribution in [-0.4, -0.2) is 56.7 Å². The fourth-order valence-corrected chi connectivity index (χ4v) is 3.50. The average Bonchev–Trinajstić information content (AvgIpc) is 3.13.